The second-order valence-electron chi connectivity index (χ2n) is 2.66. The van der Waals surface area contributed by atoms with Gasteiger partial charge in [-0.2, -0.15) is 0 Å². The van der Waals surface area contributed by atoms with Crippen LogP contribution in [0.2, 0.25) is 0 Å². The van der Waals surface area contributed by atoms with Crippen LogP contribution in [0, 0.1) is 0 Å². The topological polar surface area (TPSA) is 3.24 Å². The predicted molar refractivity (Wildman–Crippen MR) is 51.6 cm³/mol. The third-order valence-electron chi connectivity index (χ3n) is 1.84. The molecule has 1 nitrogen and oxygen atoms in total. The van der Waals surface area contributed by atoms with Gasteiger partial charge < -0.3 is 0 Å². The molecule has 0 aliphatic rings. The van der Waals surface area contributed by atoms with E-state index < -0.39 is 0 Å². The Bertz CT molecular complexity index is 208. The van der Waals surface area contributed by atoms with Gasteiger partial charge in [-0.05, 0) is 19.5 Å². The highest BCUT2D eigenvalue weighted by molar-refractivity contribution is 7.77. The zero-order valence-corrected chi connectivity index (χ0v) is 7.75. The fourth-order valence-corrected chi connectivity index (χ4v) is 1.08. The van der Waals surface area contributed by atoms with Crippen molar-refractivity contribution in [2.24, 2.45) is 0 Å². The van der Waals surface area contributed by atoms with Crippen LogP contribution in [0.25, 0.3) is 0 Å². The molecule has 0 aliphatic heterocycles. The fraction of sp³-hybridized carbons (Fsp3) is 0.333. The Labute approximate surface area is 73.6 Å². The molecule has 0 saturated carbocycles. The van der Waals surface area contributed by atoms with Crippen molar-refractivity contribution in [1.82, 2.24) is 4.31 Å². The smallest absolute Gasteiger partial charge is 0.0418 e. The minimum absolute atomic E-state index is 0.375. The van der Waals surface area contributed by atoms with Crippen LogP contribution in [-0.2, 0) is 0 Å². The highest BCUT2D eigenvalue weighted by Gasteiger charge is 2.05. The lowest BCUT2D eigenvalue weighted by molar-refractivity contribution is 0.459. The van der Waals surface area contributed by atoms with E-state index in [1.54, 1.807) is 0 Å². The molecule has 60 valence electrons. The minimum Gasteiger partial charge on any atom is -0.249 e. The SMILES string of the molecule is CC(c1ccccc1)N(C)S. The van der Waals surface area contributed by atoms with Crippen molar-refractivity contribution in [3.63, 3.8) is 0 Å². The summed E-state index contributed by atoms with van der Waals surface area (Å²) < 4.78 is 1.90. The molecule has 0 fully saturated rings. The molecule has 0 spiro atoms. The first-order valence-corrected chi connectivity index (χ1v) is 4.08. The summed E-state index contributed by atoms with van der Waals surface area (Å²) in [6.07, 6.45) is 0. The van der Waals surface area contributed by atoms with Crippen LogP contribution in [0.4, 0.5) is 0 Å². The lowest BCUT2D eigenvalue weighted by Gasteiger charge is -2.18. The van der Waals surface area contributed by atoms with Gasteiger partial charge in [-0.1, -0.05) is 43.1 Å². The zero-order valence-electron chi connectivity index (χ0n) is 6.86. The van der Waals surface area contributed by atoms with Gasteiger partial charge in [0.1, 0.15) is 0 Å². The van der Waals surface area contributed by atoms with Crippen LogP contribution in [-0.4, -0.2) is 11.4 Å². The summed E-state index contributed by atoms with van der Waals surface area (Å²) in [5, 5.41) is 0. The second kappa shape index (κ2) is 3.79. The van der Waals surface area contributed by atoms with Gasteiger partial charge in [-0.25, -0.2) is 4.31 Å². The highest BCUT2D eigenvalue weighted by Crippen LogP contribution is 2.18. The first-order chi connectivity index (χ1) is 5.22. The maximum Gasteiger partial charge on any atom is 0.0418 e. The van der Waals surface area contributed by atoms with Crippen LogP contribution in [0.5, 0.6) is 0 Å². The average molecular weight is 167 g/mol. The van der Waals surface area contributed by atoms with E-state index in [9.17, 15) is 0 Å². The Kier molecular flexibility index (Phi) is 2.97. The lowest BCUT2D eigenvalue weighted by Crippen LogP contribution is -2.10. The van der Waals surface area contributed by atoms with E-state index in [1.165, 1.54) is 5.56 Å². The normalized spacial score (nSPS) is 13.5. The molecule has 1 aromatic carbocycles. The average Bonchev–Trinajstić information content (AvgIpc) is 2.05. The van der Waals surface area contributed by atoms with Crippen molar-refractivity contribution >= 4 is 12.8 Å². The van der Waals surface area contributed by atoms with Gasteiger partial charge in [0.05, 0.1) is 0 Å². The van der Waals surface area contributed by atoms with E-state index in [4.69, 9.17) is 0 Å². The fourth-order valence-electron chi connectivity index (χ4n) is 0.947. The van der Waals surface area contributed by atoms with Gasteiger partial charge >= 0.3 is 0 Å². The Balaban J connectivity index is 2.77. The molecule has 0 heterocycles. The monoisotopic (exact) mass is 167 g/mol. The maximum atomic E-state index is 4.24. The molecule has 2 heteroatoms. The van der Waals surface area contributed by atoms with Crippen molar-refractivity contribution in [3.8, 4) is 0 Å². The number of hydrogen-bond acceptors (Lipinski definition) is 2. The van der Waals surface area contributed by atoms with E-state index in [2.05, 4.69) is 31.9 Å². The quantitative estimate of drug-likeness (QED) is 0.662. The zero-order chi connectivity index (χ0) is 8.27. The molecule has 1 atom stereocenters. The Morgan fingerprint density at radius 2 is 1.82 bits per heavy atom. The molecular formula is C9H13NS. The van der Waals surface area contributed by atoms with Crippen molar-refractivity contribution in [3.05, 3.63) is 35.9 Å². The summed E-state index contributed by atoms with van der Waals surface area (Å²) in [6, 6.07) is 10.7. The van der Waals surface area contributed by atoms with E-state index in [-0.39, 0.29) is 0 Å². The summed E-state index contributed by atoms with van der Waals surface area (Å²) in [7, 11) is 1.96. The molecule has 0 amide bonds. The van der Waals surface area contributed by atoms with Crippen molar-refractivity contribution in [2.75, 3.05) is 7.05 Å². The maximum absolute atomic E-state index is 4.24. The van der Waals surface area contributed by atoms with Crippen molar-refractivity contribution in [2.45, 2.75) is 13.0 Å². The van der Waals surface area contributed by atoms with Crippen molar-refractivity contribution in [1.29, 1.82) is 0 Å². The Hall–Kier alpha value is -0.470. The van der Waals surface area contributed by atoms with E-state index in [0.29, 0.717) is 6.04 Å². The molecule has 1 aromatic rings. The van der Waals surface area contributed by atoms with Crippen LogP contribution in [0.1, 0.15) is 18.5 Å². The van der Waals surface area contributed by atoms with Crippen molar-refractivity contribution < 1.29 is 0 Å². The summed E-state index contributed by atoms with van der Waals surface area (Å²) in [5.41, 5.74) is 1.30. The molecule has 0 N–H and O–H groups in total. The molecule has 0 radical (unpaired) electrons. The molecule has 0 saturated heterocycles. The van der Waals surface area contributed by atoms with Gasteiger partial charge in [0.2, 0.25) is 0 Å². The number of hydrogen-bond donors (Lipinski definition) is 1. The molecule has 0 aromatic heterocycles. The third-order valence-corrected chi connectivity index (χ3v) is 2.19. The van der Waals surface area contributed by atoms with E-state index in [1.807, 2.05) is 29.6 Å². The second-order valence-corrected chi connectivity index (χ2v) is 3.29. The first-order valence-electron chi connectivity index (χ1n) is 3.68. The summed E-state index contributed by atoms with van der Waals surface area (Å²) in [5.74, 6) is 0. The minimum atomic E-state index is 0.375. The molecule has 1 rings (SSSR count). The lowest BCUT2D eigenvalue weighted by atomic mass is 10.1. The molecular weight excluding hydrogens is 154 g/mol. The number of thiol groups is 1. The molecule has 0 aliphatic carbocycles. The number of benzene rings is 1. The molecule has 1 unspecified atom stereocenters. The molecule has 0 bridgehead atoms. The van der Waals surface area contributed by atoms with Crippen LogP contribution in [0.3, 0.4) is 0 Å². The van der Waals surface area contributed by atoms with Crippen LogP contribution >= 0.6 is 12.8 Å². The van der Waals surface area contributed by atoms with E-state index >= 15 is 0 Å². The van der Waals surface area contributed by atoms with Crippen LogP contribution in [0.15, 0.2) is 30.3 Å². The summed E-state index contributed by atoms with van der Waals surface area (Å²) in [4.78, 5) is 0. The number of nitrogens with zero attached hydrogens (tertiary/aromatic N) is 1. The largest absolute Gasteiger partial charge is 0.249 e. The number of rotatable bonds is 2. The Morgan fingerprint density at radius 1 is 1.27 bits per heavy atom. The third kappa shape index (κ3) is 2.24. The highest BCUT2D eigenvalue weighted by atomic mass is 32.1. The first kappa shape index (κ1) is 8.62. The summed E-state index contributed by atoms with van der Waals surface area (Å²) >= 11 is 4.24. The van der Waals surface area contributed by atoms with Gasteiger partial charge in [0.25, 0.3) is 0 Å². The van der Waals surface area contributed by atoms with Crippen LogP contribution < -0.4 is 0 Å². The summed E-state index contributed by atoms with van der Waals surface area (Å²) in [6.45, 7) is 2.13. The van der Waals surface area contributed by atoms with Gasteiger partial charge in [0.15, 0.2) is 0 Å². The van der Waals surface area contributed by atoms with Gasteiger partial charge in [-0.15, -0.1) is 0 Å². The molecule has 11 heavy (non-hydrogen) atoms. The van der Waals surface area contributed by atoms with E-state index in [0.717, 1.165) is 0 Å². The van der Waals surface area contributed by atoms with Gasteiger partial charge in [0, 0.05) is 6.04 Å². The Morgan fingerprint density at radius 3 is 2.27 bits per heavy atom. The standard InChI is InChI=1S/C9H13NS/c1-8(10(2)11)9-6-4-3-5-7-9/h3-8,11H,1-2H3. The van der Waals surface area contributed by atoms with Gasteiger partial charge in [-0.3, -0.25) is 0 Å². The predicted octanol–water partition coefficient (Wildman–Crippen LogP) is 2.52.